The normalized spacial score (nSPS) is 11.4. The van der Waals surface area contributed by atoms with E-state index in [1.807, 2.05) is 11.8 Å². The SMILES string of the molecule is CCC(CC)(CNc1ccc(Cl)cc1C(=O)O)SC. The summed E-state index contributed by atoms with van der Waals surface area (Å²) in [7, 11) is 0. The van der Waals surface area contributed by atoms with Crippen LogP contribution in [0.5, 0.6) is 0 Å². The highest BCUT2D eigenvalue weighted by Gasteiger charge is 2.25. The largest absolute Gasteiger partial charge is 0.478 e. The Hall–Kier alpha value is -0.870. The molecule has 5 heteroatoms. The number of halogens is 1. The summed E-state index contributed by atoms with van der Waals surface area (Å²) in [4.78, 5) is 11.2. The third-order valence-electron chi connectivity index (χ3n) is 3.53. The number of aromatic carboxylic acids is 1. The molecule has 1 aromatic rings. The molecule has 0 atom stereocenters. The van der Waals surface area contributed by atoms with Gasteiger partial charge in [0.25, 0.3) is 0 Å². The maximum atomic E-state index is 11.2. The second-order valence-electron chi connectivity index (χ2n) is 4.44. The van der Waals surface area contributed by atoms with Gasteiger partial charge in [-0.1, -0.05) is 25.4 Å². The highest BCUT2D eigenvalue weighted by atomic mass is 35.5. The van der Waals surface area contributed by atoms with Gasteiger partial charge < -0.3 is 10.4 Å². The van der Waals surface area contributed by atoms with Crippen molar-refractivity contribution in [2.24, 2.45) is 0 Å². The molecule has 19 heavy (non-hydrogen) atoms. The van der Waals surface area contributed by atoms with E-state index >= 15 is 0 Å². The van der Waals surface area contributed by atoms with Gasteiger partial charge in [-0.2, -0.15) is 11.8 Å². The third-order valence-corrected chi connectivity index (χ3v) is 5.36. The molecule has 0 aliphatic heterocycles. The number of hydrogen-bond donors (Lipinski definition) is 2. The van der Waals surface area contributed by atoms with E-state index in [0.29, 0.717) is 10.7 Å². The lowest BCUT2D eigenvalue weighted by atomic mass is 10.0. The Labute approximate surface area is 123 Å². The zero-order chi connectivity index (χ0) is 14.5. The average Bonchev–Trinajstić information content (AvgIpc) is 2.42. The third kappa shape index (κ3) is 4.05. The summed E-state index contributed by atoms with van der Waals surface area (Å²) in [6, 6.07) is 4.90. The molecule has 0 heterocycles. The number of anilines is 1. The Bertz CT molecular complexity index is 439. The number of carboxylic acid groups (broad SMARTS) is 1. The van der Waals surface area contributed by atoms with Crippen molar-refractivity contribution in [3.05, 3.63) is 28.8 Å². The van der Waals surface area contributed by atoms with E-state index in [2.05, 4.69) is 25.4 Å². The van der Waals surface area contributed by atoms with Crippen molar-refractivity contribution in [1.29, 1.82) is 0 Å². The van der Waals surface area contributed by atoms with E-state index < -0.39 is 5.97 Å². The summed E-state index contributed by atoms with van der Waals surface area (Å²) < 4.78 is 0.134. The van der Waals surface area contributed by atoms with Gasteiger partial charge in [-0.15, -0.1) is 0 Å². The molecule has 0 aliphatic rings. The number of rotatable bonds is 7. The van der Waals surface area contributed by atoms with Crippen LogP contribution in [0.15, 0.2) is 18.2 Å². The molecule has 0 amide bonds. The monoisotopic (exact) mass is 301 g/mol. The van der Waals surface area contributed by atoms with Crippen LogP contribution in [0.3, 0.4) is 0 Å². The number of carbonyl (C=O) groups is 1. The van der Waals surface area contributed by atoms with Crippen molar-refractivity contribution >= 4 is 35.0 Å². The van der Waals surface area contributed by atoms with E-state index in [-0.39, 0.29) is 10.3 Å². The number of carboxylic acids is 1. The number of hydrogen-bond acceptors (Lipinski definition) is 3. The van der Waals surface area contributed by atoms with Crippen molar-refractivity contribution in [2.75, 3.05) is 18.1 Å². The Morgan fingerprint density at radius 3 is 2.53 bits per heavy atom. The molecule has 3 nitrogen and oxygen atoms in total. The maximum absolute atomic E-state index is 11.2. The van der Waals surface area contributed by atoms with Gasteiger partial charge in [0.05, 0.1) is 5.56 Å². The van der Waals surface area contributed by atoms with Gasteiger partial charge in [-0.3, -0.25) is 0 Å². The van der Waals surface area contributed by atoms with Gasteiger partial charge in [0.2, 0.25) is 0 Å². The zero-order valence-corrected chi connectivity index (χ0v) is 13.1. The highest BCUT2D eigenvalue weighted by Crippen LogP contribution is 2.31. The van der Waals surface area contributed by atoms with Gasteiger partial charge >= 0.3 is 5.97 Å². The van der Waals surface area contributed by atoms with E-state index in [4.69, 9.17) is 11.6 Å². The summed E-state index contributed by atoms with van der Waals surface area (Å²) >= 11 is 7.66. The summed E-state index contributed by atoms with van der Waals surface area (Å²) in [6.45, 7) is 5.05. The molecule has 0 fully saturated rings. The second-order valence-corrected chi connectivity index (χ2v) is 6.15. The fourth-order valence-electron chi connectivity index (χ4n) is 1.96. The summed E-state index contributed by atoms with van der Waals surface area (Å²) in [5.41, 5.74) is 0.840. The van der Waals surface area contributed by atoms with Crippen LogP contribution in [0.25, 0.3) is 0 Å². The molecular formula is C14H20ClNO2S. The fourth-order valence-corrected chi connectivity index (χ4v) is 2.93. The fraction of sp³-hybridized carbons (Fsp3) is 0.500. The molecule has 0 radical (unpaired) electrons. The Morgan fingerprint density at radius 2 is 2.05 bits per heavy atom. The first-order chi connectivity index (χ1) is 8.98. The van der Waals surface area contributed by atoms with Gasteiger partial charge in [0, 0.05) is 22.0 Å². The Balaban J connectivity index is 2.91. The lowest BCUT2D eigenvalue weighted by Crippen LogP contribution is -2.32. The van der Waals surface area contributed by atoms with Gasteiger partial charge in [-0.25, -0.2) is 4.79 Å². The zero-order valence-electron chi connectivity index (χ0n) is 11.5. The van der Waals surface area contributed by atoms with Crippen LogP contribution in [0, 0.1) is 0 Å². The first-order valence-corrected chi connectivity index (χ1v) is 7.90. The highest BCUT2D eigenvalue weighted by molar-refractivity contribution is 8.00. The molecule has 0 spiro atoms. The van der Waals surface area contributed by atoms with Crippen molar-refractivity contribution in [2.45, 2.75) is 31.4 Å². The Kier molecular flexibility index (Phi) is 6.01. The van der Waals surface area contributed by atoms with Crippen LogP contribution in [0.1, 0.15) is 37.0 Å². The van der Waals surface area contributed by atoms with Crippen LogP contribution in [-0.4, -0.2) is 28.6 Å². The molecule has 0 aliphatic carbocycles. The summed E-state index contributed by atoms with van der Waals surface area (Å²) in [5, 5.41) is 12.9. The minimum atomic E-state index is -0.965. The quantitative estimate of drug-likeness (QED) is 0.785. The number of benzene rings is 1. The molecule has 0 aromatic heterocycles. The molecule has 2 N–H and O–H groups in total. The molecule has 1 rings (SSSR count). The standard InChI is InChI=1S/C14H20ClNO2S/c1-4-14(5-2,19-3)9-16-12-7-6-10(15)8-11(12)13(17)18/h6-8,16H,4-5,9H2,1-3H3,(H,17,18). The lowest BCUT2D eigenvalue weighted by molar-refractivity contribution is 0.0698. The van der Waals surface area contributed by atoms with Crippen LogP contribution in [0.4, 0.5) is 5.69 Å². The van der Waals surface area contributed by atoms with Crippen LogP contribution < -0.4 is 5.32 Å². The van der Waals surface area contributed by atoms with Crippen molar-refractivity contribution in [3.63, 3.8) is 0 Å². The topological polar surface area (TPSA) is 49.3 Å². The minimum Gasteiger partial charge on any atom is -0.478 e. The van der Waals surface area contributed by atoms with Crippen molar-refractivity contribution < 1.29 is 9.90 Å². The number of nitrogens with one attached hydrogen (secondary N) is 1. The van der Waals surface area contributed by atoms with E-state index in [1.165, 1.54) is 6.07 Å². The Morgan fingerprint density at radius 1 is 1.42 bits per heavy atom. The summed E-state index contributed by atoms with van der Waals surface area (Å²) in [5.74, 6) is -0.965. The van der Waals surface area contributed by atoms with Gasteiger partial charge in [0.1, 0.15) is 0 Å². The van der Waals surface area contributed by atoms with Crippen LogP contribution in [0.2, 0.25) is 5.02 Å². The first kappa shape index (κ1) is 16.2. The van der Waals surface area contributed by atoms with Crippen molar-refractivity contribution in [1.82, 2.24) is 0 Å². The predicted octanol–water partition coefficient (Wildman–Crippen LogP) is 4.37. The minimum absolute atomic E-state index is 0.134. The van der Waals surface area contributed by atoms with Gasteiger partial charge in [0.15, 0.2) is 0 Å². The number of thioether (sulfide) groups is 1. The second kappa shape index (κ2) is 7.06. The molecule has 1 aromatic carbocycles. The van der Waals surface area contributed by atoms with E-state index in [1.54, 1.807) is 12.1 Å². The van der Waals surface area contributed by atoms with E-state index in [0.717, 1.165) is 19.4 Å². The lowest BCUT2D eigenvalue weighted by Gasteiger charge is -2.30. The van der Waals surface area contributed by atoms with Crippen molar-refractivity contribution in [3.8, 4) is 0 Å². The molecule has 0 unspecified atom stereocenters. The smallest absolute Gasteiger partial charge is 0.337 e. The molecular weight excluding hydrogens is 282 g/mol. The molecule has 0 saturated heterocycles. The van der Waals surface area contributed by atoms with Crippen LogP contribution in [-0.2, 0) is 0 Å². The van der Waals surface area contributed by atoms with Crippen LogP contribution >= 0.6 is 23.4 Å². The predicted molar refractivity (Wildman–Crippen MR) is 83.7 cm³/mol. The summed E-state index contributed by atoms with van der Waals surface area (Å²) in [6.07, 6.45) is 4.16. The molecule has 0 bridgehead atoms. The maximum Gasteiger partial charge on any atom is 0.337 e. The molecule has 106 valence electrons. The first-order valence-electron chi connectivity index (χ1n) is 6.30. The van der Waals surface area contributed by atoms with Gasteiger partial charge in [-0.05, 0) is 37.3 Å². The average molecular weight is 302 g/mol. The molecule has 0 saturated carbocycles. The van der Waals surface area contributed by atoms with E-state index in [9.17, 15) is 9.90 Å².